The number of aliphatic hydroxyl groups excluding tert-OH is 1. The van der Waals surface area contributed by atoms with Crippen LogP contribution in [0.5, 0.6) is 0 Å². The first-order valence-electron chi connectivity index (χ1n) is 23.6. The lowest BCUT2D eigenvalue weighted by molar-refractivity contribution is -0.132. The Morgan fingerprint density at radius 3 is 1.46 bits per heavy atom. The van der Waals surface area contributed by atoms with E-state index < -0.39 is 29.9 Å². The highest BCUT2D eigenvalue weighted by Gasteiger charge is 2.27. The van der Waals surface area contributed by atoms with Gasteiger partial charge >= 0.3 is 0 Å². The molecule has 0 bridgehead atoms. The highest BCUT2D eigenvalue weighted by molar-refractivity contribution is 5.98. The molecule has 0 aromatic heterocycles. The van der Waals surface area contributed by atoms with E-state index >= 15 is 0 Å². The lowest BCUT2D eigenvalue weighted by Gasteiger charge is -2.24. The zero-order chi connectivity index (χ0) is 49.9. The smallest absolute Gasteiger partial charge is 0.246 e. The van der Waals surface area contributed by atoms with Gasteiger partial charge in [-0.2, -0.15) is 0 Å². The number of unbranched alkanes of at least 4 members (excludes halogenated alkanes) is 1. The van der Waals surface area contributed by atoms with Crippen molar-refractivity contribution < 1.29 is 76.4 Å². The maximum Gasteiger partial charge on any atom is 0.246 e. The Balaban J connectivity index is 1.93. The first kappa shape index (κ1) is 62.1. The van der Waals surface area contributed by atoms with Crippen LogP contribution in [0, 0.1) is 5.92 Å². The standard InChI is InChI=1S/C46H82N6O16/c1-36(2)43(46(58)50-37(3)44(56)51-39-10-8-38(35-53)9-11-39)52-42(55)13-17-61-21-23-62-18-15-49-45(57)40(47)7-5-6-14-48-41(54)12-16-60-22-24-64-27-28-66-31-32-68-34-33-67-30-29-65-26-25-63-20-19-59-4/h8-11,36-37,40,43,53H,5-7,12-35,47H2,1-4H3,(H,48,54)(H,49,57)(H,50,58)(H,51,56)(H,52,55)/t37-,40-,43-/m0/s1. The zero-order valence-electron chi connectivity index (χ0n) is 40.9. The summed E-state index contributed by atoms with van der Waals surface area (Å²) < 4.78 is 53.9. The molecule has 22 nitrogen and oxygen atoms in total. The predicted octanol–water partition coefficient (Wildman–Crippen LogP) is 0.0689. The highest BCUT2D eigenvalue weighted by Crippen LogP contribution is 2.10. The molecule has 0 saturated heterocycles. The number of hydrogen-bond acceptors (Lipinski definition) is 17. The minimum atomic E-state index is -0.865. The van der Waals surface area contributed by atoms with Crippen molar-refractivity contribution in [3.8, 4) is 0 Å². The number of carbonyl (C=O) groups is 5. The van der Waals surface area contributed by atoms with Gasteiger partial charge in [0.15, 0.2) is 0 Å². The largest absolute Gasteiger partial charge is 0.392 e. The van der Waals surface area contributed by atoms with Gasteiger partial charge < -0.3 is 84.8 Å². The quantitative estimate of drug-likeness (QED) is 0.0426. The average molecular weight is 975 g/mol. The molecule has 68 heavy (non-hydrogen) atoms. The lowest BCUT2D eigenvalue weighted by atomic mass is 10.0. The molecule has 0 saturated carbocycles. The number of carbonyl (C=O) groups excluding carboxylic acids is 5. The van der Waals surface area contributed by atoms with E-state index in [0.717, 1.165) is 0 Å². The van der Waals surface area contributed by atoms with Crippen LogP contribution in [-0.4, -0.2) is 198 Å². The second-order valence-corrected chi connectivity index (χ2v) is 15.6. The van der Waals surface area contributed by atoms with Gasteiger partial charge in [0, 0.05) is 38.7 Å². The van der Waals surface area contributed by atoms with E-state index in [1.54, 1.807) is 52.1 Å². The number of ether oxygens (including phenoxy) is 10. The number of benzene rings is 1. The van der Waals surface area contributed by atoms with Gasteiger partial charge in [0.25, 0.3) is 0 Å². The van der Waals surface area contributed by atoms with Gasteiger partial charge in [-0.15, -0.1) is 0 Å². The molecule has 8 N–H and O–H groups in total. The molecule has 1 rings (SSSR count). The van der Waals surface area contributed by atoms with Crippen LogP contribution >= 0.6 is 0 Å². The summed E-state index contributed by atoms with van der Waals surface area (Å²) in [7, 11) is 1.63. The lowest BCUT2D eigenvalue weighted by Crippen LogP contribution is -2.53. The molecule has 0 spiro atoms. The zero-order valence-corrected chi connectivity index (χ0v) is 40.9. The number of hydrogen-bond donors (Lipinski definition) is 7. The van der Waals surface area contributed by atoms with Crippen LogP contribution < -0.4 is 32.3 Å². The summed E-state index contributed by atoms with van der Waals surface area (Å²) in [5, 5.41) is 22.8. The number of nitrogens with two attached hydrogens (primary N) is 1. The van der Waals surface area contributed by atoms with Gasteiger partial charge in [0.05, 0.1) is 138 Å². The summed E-state index contributed by atoms with van der Waals surface area (Å²) in [6.07, 6.45) is 2.06. The Bertz CT molecular complexity index is 1450. The Morgan fingerprint density at radius 1 is 0.529 bits per heavy atom. The van der Waals surface area contributed by atoms with Crippen molar-refractivity contribution in [2.75, 3.05) is 151 Å². The van der Waals surface area contributed by atoms with E-state index in [4.69, 9.17) is 53.1 Å². The van der Waals surface area contributed by atoms with E-state index in [-0.39, 0.29) is 82.7 Å². The minimum Gasteiger partial charge on any atom is -0.392 e. The highest BCUT2D eigenvalue weighted by atomic mass is 16.6. The molecular weight excluding hydrogens is 893 g/mol. The fourth-order valence-corrected chi connectivity index (χ4v) is 5.62. The van der Waals surface area contributed by atoms with Crippen molar-refractivity contribution in [1.29, 1.82) is 0 Å². The van der Waals surface area contributed by atoms with E-state index in [1.807, 2.05) is 0 Å². The summed E-state index contributed by atoms with van der Waals surface area (Å²) in [6.45, 7) is 13.6. The van der Waals surface area contributed by atoms with E-state index in [2.05, 4.69) is 26.6 Å². The second kappa shape index (κ2) is 43.1. The van der Waals surface area contributed by atoms with Crippen LogP contribution in [0.2, 0.25) is 0 Å². The van der Waals surface area contributed by atoms with Crippen LogP contribution in [-0.2, 0) is 77.9 Å². The molecule has 1 aromatic rings. The fourth-order valence-electron chi connectivity index (χ4n) is 5.62. The topological polar surface area (TPSA) is 284 Å². The van der Waals surface area contributed by atoms with Crippen LogP contribution in [0.3, 0.4) is 0 Å². The predicted molar refractivity (Wildman–Crippen MR) is 252 cm³/mol. The summed E-state index contributed by atoms with van der Waals surface area (Å²) >= 11 is 0. The van der Waals surface area contributed by atoms with Gasteiger partial charge in [-0.25, -0.2) is 0 Å². The molecule has 5 amide bonds. The van der Waals surface area contributed by atoms with Crippen molar-refractivity contribution in [3.63, 3.8) is 0 Å². The Morgan fingerprint density at radius 2 is 0.985 bits per heavy atom. The number of amides is 5. The number of nitrogens with one attached hydrogen (secondary N) is 5. The average Bonchev–Trinajstić information content (AvgIpc) is 3.32. The van der Waals surface area contributed by atoms with Gasteiger partial charge in [-0.05, 0) is 49.8 Å². The summed E-state index contributed by atoms with van der Waals surface area (Å²) in [6, 6.07) is 4.27. The molecule has 0 heterocycles. The van der Waals surface area contributed by atoms with Crippen molar-refractivity contribution in [1.82, 2.24) is 21.3 Å². The van der Waals surface area contributed by atoms with Crippen molar-refractivity contribution in [2.45, 2.75) is 77.6 Å². The molecule has 0 unspecified atom stereocenters. The maximum absolute atomic E-state index is 12.9. The van der Waals surface area contributed by atoms with Gasteiger partial charge in [-0.1, -0.05) is 26.0 Å². The third kappa shape index (κ3) is 35.2. The maximum atomic E-state index is 12.9. The molecule has 0 aliphatic carbocycles. The molecule has 0 fully saturated rings. The molecule has 392 valence electrons. The summed E-state index contributed by atoms with van der Waals surface area (Å²) in [5.41, 5.74) is 7.24. The van der Waals surface area contributed by atoms with E-state index in [1.165, 1.54) is 0 Å². The van der Waals surface area contributed by atoms with Crippen LogP contribution in [0.25, 0.3) is 0 Å². The minimum absolute atomic E-state index is 0.0178. The number of methoxy groups -OCH3 is 1. The summed E-state index contributed by atoms with van der Waals surface area (Å²) in [5.74, 6) is -1.94. The molecule has 1 aromatic carbocycles. The number of rotatable bonds is 46. The molecular formula is C46H82N6O16. The molecule has 0 radical (unpaired) electrons. The van der Waals surface area contributed by atoms with Crippen molar-refractivity contribution in [3.05, 3.63) is 29.8 Å². The van der Waals surface area contributed by atoms with Crippen LogP contribution in [0.4, 0.5) is 5.69 Å². The van der Waals surface area contributed by atoms with Gasteiger partial charge in [-0.3, -0.25) is 24.0 Å². The monoisotopic (exact) mass is 975 g/mol. The van der Waals surface area contributed by atoms with Crippen molar-refractivity contribution >= 4 is 35.2 Å². The molecule has 22 heteroatoms. The van der Waals surface area contributed by atoms with Gasteiger partial charge in [0.1, 0.15) is 12.1 Å². The number of aliphatic hydroxyl groups is 1. The third-order valence-electron chi connectivity index (χ3n) is 9.55. The Labute approximate surface area is 402 Å². The normalized spacial score (nSPS) is 12.6. The SMILES string of the molecule is COCCOCCOCCOCCOCCOCCOCCOCCC(=O)NCCCC[C@H](N)C(=O)NCCOCCOCCC(=O)N[C@H](C(=O)N[C@@H](C)C(=O)Nc1ccc(CO)cc1)C(C)C. The molecule has 0 aliphatic rings. The second-order valence-electron chi connectivity index (χ2n) is 15.6. The fraction of sp³-hybridized carbons (Fsp3) is 0.761. The number of anilines is 1. The van der Waals surface area contributed by atoms with E-state index in [9.17, 15) is 29.1 Å². The van der Waals surface area contributed by atoms with Gasteiger partial charge in [0.2, 0.25) is 29.5 Å². The third-order valence-corrected chi connectivity index (χ3v) is 9.55. The summed E-state index contributed by atoms with van der Waals surface area (Å²) in [4.78, 5) is 62.5. The van der Waals surface area contributed by atoms with E-state index in [0.29, 0.717) is 130 Å². The van der Waals surface area contributed by atoms with Crippen LogP contribution in [0.1, 0.15) is 58.4 Å². The first-order valence-corrected chi connectivity index (χ1v) is 23.6. The first-order chi connectivity index (χ1) is 33.0. The Kier molecular flexibility index (Phi) is 39.4. The van der Waals surface area contributed by atoms with Crippen LogP contribution in [0.15, 0.2) is 24.3 Å². The molecule has 0 aliphatic heterocycles. The Hall–Kier alpha value is -3.91. The van der Waals surface area contributed by atoms with Crippen molar-refractivity contribution in [2.24, 2.45) is 11.7 Å². The molecule has 3 atom stereocenters.